The molecule has 0 bridgehead atoms. The van der Waals surface area contributed by atoms with Crippen LogP contribution in [0.25, 0.3) is 0 Å². The lowest BCUT2D eigenvalue weighted by molar-refractivity contribution is -0.120. The first kappa shape index (κ1) is 11.6. The molecule has 0 aromatic carbocycles. The minimum atomic E-state index is -0.961. The molecule has 0 spiro atoms. The van der Waals surface area contributed by atoms with Crippen molar-refractivity contribution in [2.24, 2.45) is 0 Å². The zero-order valence-electron chi connectivity index (χ0n) is 8.43. The van der Waals surface area contributed by atoms with E-state index >= 15 is 0 Å². The first-order chi connectivity index (χ1) is 6.56. The number of hydrogen-bond donors (Lipinski definition) is 3. The highest BCUT2D eigenvalue weighted by Crippen LogP contribution is 2.23. The van der Waals surface area contributed by atoms with Gasteiger partial charge in [-0.3, -0.25) is 4.79 Å². The number of aliphatic hydroxyl groups is 2. The Balaban J connectivity index is 2.52. The lowest BCUT2D eigenvalue weighted by Gasteiger charge is -2.13. The summed E-state index contributed by atoms with van der Waals surface area (Å²) in [7, 11) is 1.74. The van der Waals surface area contributed by atoms with Crippen LogP contribution < -0.4 is 5.32 Å². The van der Waals surface area contributed by atoms with Gasteiger partial charge in [0.15, 0.2) is 0 Å². The molecule has 1 rings (SSSR count). The fraction of sp³-hybridized carbons (Fsp3) is 0.889. The first-order valence-electron chi connectivity index (χ1n) is 4.72. The molecule has 82 valence electrons. The average Bonchev–Trinajstić information content (AvgIpc) is 2.34. The summed E-state index contributed by atoms with van der Waals surface area (Å²) in [6.07, 6.45) is -2.72. The number of carbonyl (C=O) groups is 1. The van der Waals surface area contributed by atoms with Crippen LogP contribution in [0.4, 0.5) is 0 Å². The van der Waals surface area contributed by atoms with Gasteiger partial charge in [0.25, 0.3) is 0 Å². The number of rotatable bonds is 4. The second-order valence-corrected chi connectivity index (χ2v) is 3.66. The number of ketones is 1. The fourth-order valence-corrected chi connectivity index (χ4v) is 1.65. The molecule has 4 atom stereocenters. The van der Waals surface area contributed by atoms with Crippen molar-refractivity contribution in [2.45, 2.75) is 37.8 Å². The fourth-order valence-electron chi connectivity index (χ4n) is 1.65. The Kier molecular flexibility index (Phi) is 4.00. The minimum Gasteiger partial charge on any atom is -0.388 e. The van der Waals surface area contributed by atoms with Crippen LogP contribution in [0.3, 0.4) is 0 Å². The van der Waals surface area contributed by atoms with Gasteiger partial charge < -0.3 is 20.3 Å². The lowest BCUT2D eigenvalue weighted by atomic mass is 10.0. The third-order valence-corrected chi connectivity index (χ3v) is 2.36. The van der Waals surface area contributed by atoms with E-state index < -0.39 is 24.4 Å². The normalized spacial score (nSPS) is 37.4. The number of nitrogens with one attached hydrogen (secondary N) is 1. The summed E-state index contributed by atoms with van der Waals surface area (Å²) in [5.74, 6) is -0.0497. The zero-order valence-corrected chi connectivity index (χ0v) is 8.43. The molecule has 5 nitrogen and oxygen atoms in total. The highest BCUT2D eigenvalue weighted by Gasteiger charge is 2.42. The van der Waals surface area contributed by atoms with Crippen LogP contribution in [0.1, 0.15) is 13.3 Å². The zero-order chi connectivity index (χ0) is 10.7. The summed E-state index contributed by atoms with van der Waals surface area (Å²) in [4.78, 5) is 10.8. The molecule has 0 radical (unpaired) electrons. The van der Waals surface area contributed by atoms with E-state index in [0.717, 1.165) is 0 Å². The Morgan fingerprint density at radius 3 is 2.43 bits per heavy atom. The van der Waals surface area contributed by atoms with Crippen molar-refractivity contribution in [3.63, 3.8) is 0 Å². The SMILES string of the molecule is CNC[C@H]1O[C@@H](CC(C)=O)C(O)C1O. The third kappa shape index (κ3) is 2.51. The van der Waals surface area contributed by atoms with E-state index in [2.05, 4.69) is 5.32 Å². The maximum Gasteiger partial charge on any atom is 0.132 e. The van der Waals surface area contributed by atoms with Crippen molar-refractivity contribution in [1.82, 2.24) is 5.32 Å². The van der Waals surface area contributed by atoms with Crippen LogP contribution in [0.2, 0.25) is 0 Å². The molecule has 5 heteroatoms. The van der Waals surface area contributed by atoms with Crippen molar-refractivity contribution in [3.8, 4) is 0 Å². The third-order valence-electron chi connectivity index (χ3n) is 2.36. The van der Waals surface area contributed by atoms with Crippen LogP contribution >= 0.6 is 0 Å². The molecule has 0 aliphatic carbocycles. The van der Waals surface area contributed by atoms with Crippen LogP contribution in [0, 0.1) is 0 Å². The Bertz CT molecular complexity index is 209. The summed E-state index contributed by atoms with van der Waals surface area (Å²) in [6.45, 7) is 1.90. The second kappa shape index (κ2) is 4.84. The van der Waals surface area contributed by atoms with E-state index in [4.69, 9.17) is 4.74 Å². The molecule has 1 fully saturated rings. The minimum absolute atomic E-state index is 0.0497. The van der Waals surface area contributed by atoms with E-state index in [9.17, 15) is 15.0 Å². The summed E-state index contributed by atoms with van der Waals surface area (Å²) >= 11 is 0. The summed E-state index contributed by atoms with van der Waals surface area (Å²) in [5.41, 5.74) is 0. The molecular formula is C9H17NO4. The predicted octanol–water partition coefficient (Wildman–Crippen LogP) is -1.33. The van der Waals surface area contributed by atoms with E-state index in [0.29, 0.717) is 6.54 Å². The lowest BCUT2D eigenvalue weighted by Crippen LogP contribution is -2.37. The largest absolute Gasteiger partial charge is 0.388 e. The van der Waals surface area contributed by atoms with E-state index in [1.807, 2.05) is 0 Å². The molecule has 1 heterocycles. The summed E-state index contributed by atoms with van der Waals surface area (Å²) in [6, 6.07) is 0. The number of aliphatic hydroxyl groups excluding tert-OH is 2. The Morgan fingerprint density at radius 2 is 1.93 bits per heavy atom. The summed E-state index contributed by atoms with van der Waals surface area (Å²) < 4.78 is 5.35. The molecular weight excluding hydrogens is 186 g/mol. The smallest absolute Gasteiger partial charge is 0.132 e. The molecule has 2 unspecified atom stereocenters. The van der Waals surface area contributed by atoms with E-state index in [1.54, 1.807) is 7.05 Å². The van der Waals surface area contributed by atoms with Crippen molar-refractivity contribution in [1.29, 1.82) is 0 Å². The van der Waals surface area contributed by atoms with Crippen molar-refractivity contribution in [3.05, 3.63) is 0 Å². The van der Waals surface area contributed by atoms with Gasteiger partial charge in [0, 0.05) is 13.0 Å². The van der Waals surface area contributed by atoms with E-state index in [-0.39, 0.29) is 12.2 Å². The Labute approximate surface area is 83.1 Å². The molecule has 1 saturated heterocycles. The number of carbonyl (C=O) groups excluding carboxylic acids is 1. The van der Waals surface area contributed by atoms with Gasteiger partial charge in [-0.2, -0.15) is 0 Å². The average molecular weight is 203 g/mol. The summed E-state index contributed by atoms with van der Waals surface area (Å²) in [5, 5.41) is 21.9. The molecule has 0 aromatic heterocycles. The number of ether oxygens (including phenoxy) is 1. The van der Waals surface area contributed by atoms with Crippen LogP contribution in [0.15, 0.2) is 0 Å². The number of Topliss-reactive ketones (excluding diaryl/α,β-unsaturated/α-hetero) is 1. The molecule has 0 amide bonds. The molecule has 0 aromatic rings. The van der Waals surface area contributed by atoms with Crippen molar-refractivity contribution >= 4 is 5.78 Å². The van der Waals surface area contributed by atoms with Gasteiger partial charge in [0.2, 0.25) is 0 Å². The van der Waals surface area contributed by atoms with Crippen molar-refractivity contribution in [2.75, 3.05) is 13.6 Å². The monoisotopic (exact) mass is 203 g/mol. The molecule has 1 aliphatic heterocycles. The molecule has 3 N–H and O–H groups in total. The highest BCUT2D eigenvalue weighted by molar-refractivity contribution is 5.76. The maximum absolute atomic E-state index is 10.8. The highest BCUT2D eigenvalue weighted by atomic mass is 16.5. The molecule has 0 saturated carbocycles. The van der Waals surface area contributed by atoms with Gasteiger partial charge in [-0.25, -0.2) is 0 Å². The molecule has 1 aliphatic rings. The quantitative estimate of drug-likeness (QED) is 0.528. The van der Waals surface area contributed by atoms with Crippen molar-refractivity contribution < 1.29 is 19.7 Å². The van der Waals surface area contributed by atoms with Gasteiger partial charge in [-0.15, -0.1) is 0 Å². The van der Waals surface area contributed by atoms with Gasteiger partial charge >= 0.3 is 0 Å². The predicted molar refractivity (Wildman–Crippen MR) is 49.9 cm³/mol. The standard InChI is InChI=1S/C9H17NO4/c1-5(11)3-6-8(12)9(13)7(14-6)4-10-2/h6-10,12-13H,3-4H2,1-2H3/t6-,7+,8?,9?/m0/s1. The van der Waals surface area contributed by atoms with Gasteiger partial charge in [0.1, 0.15) is 18.0 Å². The second-order valence-electron chi connectivity index (χ2n) is 3.66. The topological polar surface area (TPSA) is 78.8 Å². The number of likely N-dealkylation sites (N-methyl/N-ethyl adjacent to an activating group) is 1. The number of hydrogen-bond acceptors (Lipinski definition) is 5. The Hall–Kier alpha value is -0.490. The Morgan fingerprint density at radius 1 is 1.36 bits per heavy atom. The van der Waals surface area contributed by atoms with Crippen LogP contribution in [-0.2, 0) is 9.53 Å². The maximum atomic E-state index is 10.8. The van der Waals surface area contributed by atoms with E-state index in [1.165, 1.54) is 6.92 Å². The van der Waals surface area contributed by atoms with Gasteiger partial charge in [-0.1, -0.05) is 0 Å². The van der Waals surface area contributed by atoms with Crippen LogP contribution in [-0.4, -0.2) is 54.0 Å². The van der Waals surface area contributed by atoms with Gasteiger partial charge in [-0.05, 0) is 14.0 Å². The van der Waals surface area contributed by atoms with Gasteiger partial charge in [0.05, 0.1) is 12.2 Å². The first-order valence-corrected chi connectivity index (χ1v) is 4.72. The molecule has 14 heavy (non-hydrogen) atoms. The van der Waals surface area contributed by atoms with Crippen LogP contribution in [0.5, 0.6) is 0 Å².